The summed E-state index contributed by atoms with van der Waals surface area (Å²) in [4.78, 5) is 1.19. The van der Waals surface area contributed by atoms with Gasteiger partial charge in [-0.25, -0.2) is 4.39 Å². The van der Waals surface area contributed by atoms with Gasteiger partial charge in [0.1, 0.15) is 0 Å². The van der Waals surface area contributed by atoms with Crippen LogP contribution >= 0.6 is 11.8 Å². The average Bonchev–Trinajstić information content (AvgIpc) is 2.49. The minimum absolute atomic E-state index is 0.0642. The number of aryl methyl sites for hydroxylation is 1. The maximum atomic E-state index is 14.3. The lowest BCUT2D eigenvalue weighted by Gasteiger charge is -2.18. The zero-order valence-corrected chi connectivity index (χ0v) is 13.3. The van der Waals surface area contributed by atoms with Gasteiger partial charge in [0.25, 0.3) is 0 Å². The second-order valence-electron chi connectivity index (χ2n) is 4.83. The summed E-state index contributed by atoms with van der Waals surface area (Å²) in [6.45, 7) is 2.07. The van der Waals surface area contributed by atoms with Gasteiger partial charge in [0, 0.05) is 22.3 Å². The highest BCUT2D eigenvalue weighted by atomic mass is 32.2. The normalized spacial score (nSPS) is 12.2. The molecule has 2 aromatic rings. The summed E-state index contributed by atoms with van der Waals surface area (Å²) in [5.41, 5.74) is 1.87. The Balaban J connectivity index is 2.13. The van der Waals surface area contributed by atoms with Crippen molar-refractivity contribution in [2.45, 2.75) is 17.9 Å². The Hall–Kier alpha value is -1.52. The van der Waals surface area contributed by atoms with Gasteiger partial charge in [0.2, 0.25) is 0 Å². The lowest BCUT2D eigenvalue weighted by Crippen LogP contribution is -2.20. The summed E-state index contributed by atoms with van der Waals surface area (Å²) >= 11 is 1.71. The highest BCUT2D eigenvalue weighted by molar-refractivity contribution is 7.99. The molecule has 0 radical (unpaired) electrons. The number of hydrogen-bond donors (Lipinski definition) is 1. The number of rotatable bonds is 6. The SMILES string of the molecule is CNC(CSc1cccc(C)c1)c1cccc(OC)c1F. The number of hydrogen-bond acceptors (Lipinski definition) is 3. The van der Waals surface area contributed by atoms with Crippen molar-refractivity contribution in [2.24, 2.45) is 0 Å². The van der Waals surface area contributed by atoms with Crippen LogP contribution in [0.15, 0.2) is 47.4 Å². The molecule has 0 fully saturated rings. The molecule has 0 aliphatic heterocycles. The summed E-state index contributed by atoms with van der Waals surface area (Å²) in [5, 5.41) is 3.18. The number of ether oxygens (including phenoxy) is 1. The molecule has 0 aliphatic carbocycles. The molecule has 1 atom stereocenters. The van der Waals surface area contributed by atoms with Gasteiger partial charge in [-0.3, -0.25) is 0 Å². The van der Waals surface area contributed by atoms with Crippen LogP contribution in [0, 0.1) is 12.7 Å². The first-order valence-corrected chi connectivity index (χ1v) is 7.83. The van der Waals surface area contributed by atoms with Crippen LogP contribution in [0.5, 0.6) is 5.75 Å². The molecule has 0 spiro atoms. The van der Waals surface area contributed by atoms with E-state index in [2.05, 4.69) is 30.4 Å². The van der Waals surface area contributed by atoms with Crippen LogP contribution in [0.25, 0.3) is 0 Å². The van der Waals surface area contributed by atoms with E-state index in [1.54, 1.807) is 23.9 Å². The van der Waals surface area contributed by atoms with E-state index in [4.69, 9.17) is 4.74 Å². The predicted molar refractivity (Wildman–Crippen MR) is 86.7 cm³/mol. The van der Waals surface area contributed by atoms with Crippen molar-refractivity contribution in [3.05, 3.63) is 59.4 Å². The molecule has 1 unspecified atom stereocenters. The van der Waals surface area contributed by atoms with Gasteiger partial charge in [0.05, 0.1) is 7.11 Å². The molecule has 0 saturated carbocycles. The third-order valence-corrected chi connectivity index (χ3v) is 4.43. The van der Waals surface area contributed by atoms with Crippen LogP contribution in [0.2, 0.25) is 0 Å². The van der Waals surface area contributed by atoms with E-state index < -0.39 is 0 Å². The van der Waals surface area contributed by atoms with E-state index in [0.717, 1.165) is 5.75 Å². The third kappa shape index (κ3) is 3.99. The molecule has 2 aromatic carbocycles. The van der Waals surface area contributed by atoms with Crippen LogP contribution in [0.1, 0.15) is 17.2 Å². The van der Waals surface area contributed by atoms with E-state index in [9.17, 15) is 4.39 Å². The van der Waals surface area contributed by atoms with Crippen LogP contribution in [-0.2, 0) is 0 Å². The summed E-state index contributed by atoms with van der Waals surface area (Å²) in [6.07, 6.45) is 0. The van der Waals surface area contributed by atoms with Crippen molar-refractivity contribution in [3.8, 4) is 5.75 Å². The Bertz CT molecular complexity index is 603. The fourth-order valence-corrected chi connectivity index (χ4v) is 3.32. The zero-order chi connectivity index (χ0) is 15.2. The molecular formula is C17H20FNOS. The maximum Gasteiger partial charge on any atom is 0.169 e. The largest absolute Gasteiger partial charge is 0.494 e. The minimum atomic E-state index is -0.288. The summed E-state index contributed by atoms with van der Waals surface area (Å²) in [7, 11) is 3.33. The summed E-state index contributed by atoms with van der Waals surface area (Å²) < 4.78 is 19.4. The van der Waals surface area contributed by atoms with Crippen LogP contribution in [-0.4, -0.2) is 19.9 Å². The van der Waals surface area contributed by atoms with Crippen molar-refractivity contribution in [2.75, 3.05) is 19.9 Å². The van der Waals surface area contributed by atoms with Crippen molar-refractivity contribution in [3.63, 3.8) is 0 Å². The van der Waals surface area contributed by atoms with Gasteiger partial charge in [-0.2, -0.15) is 0 Å². The standard InChI is InChI=1S/C17H20FNOS/c1-12-6-4-7-13(10-12)21-11-15(19-2)14-8-5-9-16(20-3)17(14)18/h4-10,15,19H,11H2,1-3H3. The van der Waals surface area contributed by atoms with Gasteiger partial charge in [-0.1, -0.05) is 29.8 Å². The molecule has 112 valence electrons. The molecule has 2 nitrogen and oxygen atoms in total. The Morgan fingerprint density at radius 2 is 2.00 bits per heavy atom. The van der Waals surface area contributed by atoms with E-state index in [1.165, 1.54) is 17.6 Å². The van der Waals surface area contributed by atoms with Crippen molar-refractivity contribution < 1.29 is 9.13 Å². The average molecular weight is 305 g/mol. The van der Waals surface area contributed by atoms with Crippen molar-refractivity contribution >= 4 is 11.8 Å². The van der Waals surface area contributed by atoms with E-state index >= 15 is 0 Å². The fourth-order valence-electron chi connectivity index (χ4n) is 2.17. The molecular weight excluding hydrogens is 285 g/mol. The smallest absolute Gasteiger partial charge is 0.169 e. The summed E-state index contributed by atoms with van der Waals surface area (Å²) in [5.74, 6) is 0.752. The molecule has 0 heterocycles. The molecule has 0 aliphatic rings. The Labute approximate surface area is 129 Å². The molecule has 0 aromatic heterocycles. The van der Waals surface area contributed by atoms with Gasteiger partial charge in [-0.15, -0.1) is 11.8 Å². The van der Waals surface area contributed by atoms with Crippen LogP contribution < -0.4 is 10.1 Å². The summed E-state index contributed by atoms with van der Waals surface area (Å²) in [6, 6.07) is 13.5. The third-order valence-electron chi connectivity index (χ3n) is 3.34. The number of methoxy groups -OCH3 is 1. The molecule has 2 rings (SSSR count). The maximum absolute atomic E-state index is 14.3. The van der Waals surface area contributed by atoms with Gasteiger partial charge < -0.3 is 10.1 Å². The first-order valence-electron chi connectivity index (χ1n) is 6.85. The Morgan fingerprint density at radius 1 is 1.24 bits per heavy atom. The van der Waals surface area contributed by atoms with Gasteiger partial charge in [-0.05, 0) is 32.2 Å². The second kappa shape index (κ2) is 7.48. The van der Waals surface area contributed by atoms with Crippen molar-refractivity contribution in [1.82, 2.24) is 5.32 Å². The first-order chi connectivity index (χ1) is 10.2. The van der Waals surface area contributed by atoms with E-state index in [1.807, 2.05) is 19.2 Å². The lowest BCUT2D eigenvalue weighted by molar-refractivity contribution is 0.381. The van der Waals surface area contributed by atoms with E-state index in [-0.39, 0.29) is 17.6 Å². The fraction of sp³-hybridized carbons (Fsp3) is 0.294. The highest BCUT2D eigenvalue weighted by Gasteiger charge is 2.17. The topological polar surface area (TPSA) is 21.3 Å². The van der Waals surface area contributed by atoms with Gasteiger partial charge in [0.15, 0.2) is 11.6 Å². The Kier molecular flexibility index (Phi) is 5.65. The van der Waals surface area contributed by atoms with Gasteiger partial charge >= 0.3 is 0 Å². The lowest BCUT2D eigenvalue weighted by atomic mass is 10.1. The van der Waals surface area contributed by atoms with Crippen LogP contribution in [0.4, 0.5) is 4.39 Å². The van der Waals surface area contributed by atoms with E-state index in [0.29, 0.717) is 5.56 Å². The molecule has 1 N–H and O–H groups in total. The highest BCUT2D eigenvalue weighted by Crippen LogP contribution is 2.29. The minimum Gasteiger partial charge on any atom is -0.494 e. The quantitative estimate of drug-likeness (QED) is 0.808. The first kappa shape index (κ1) is 15.9. The predicted octanol–water partition coefficient (Wildman–Crippen LogP) is 4.20. The number of halogens is 1. The van der Waals surface area contributed by atoms with Crippen molar-refractivity contribution in [1.29, 1.82) is 0 Å². The molecule has 0 bridgehead atoms. The second-order valence-corrected chi connectivity index (χ2v) is 5.93. The number of benzene rings is 2. The molecule has 21 heavy (non-hydrogen) atoms. The number of nitrogens with one attached hydrogen (secondary N) is 1. The van der Waals surface area contributed by atoms with Crippen LogP contribution in [0.3, 0.4) is 0 Å². The Morgan fingerprint density at radius 3 is 2.67 bits per heavy atom. The number of thioether (sulfide) groups is 1. The molecule has 0 amide bonds. The molecule has 4 heteroatoms. The zero-order valence-electron chi connectivity index (χ0n) is 12.5. The molecule has 0 saturated heterocycles. The monoisotopic (exact) mass is 305 g/mol.